The van der Waals surface area contributed by atoms with Gasteiger partial charge in [0.05, 0.1) is 0 Å². The van der Waals surface area contributed by atoms with Crippen LogP contribution in [0.25, 0.3) is 0 Å². The first-order chi connectivity index (χ1) is 6.75. The summed E-state index contributed by atoms with van der Waals surface area (Å²) in [7, 11) is 0. The topological polar surface area (TPSA) is 29.1 Å². The molecule has 1 aliphatic rings. The minimum atomic E-state index is -0.0316. The van der Waals surface area contributed by atoms with Crippen molar-refractivity contribution in [3.05, 3.63) is 11.8 Å². The number of rotatable bonds is 2. The predicted molar refractivity (Wildman–Crippen MR) is 63.2 cm³/mol. The quantitative estimate of drug-likeness (QED) is 0.744. The average Bonchev–Trinajstić information content (AvgIpc) is 1.99. The molecule has 0 saturated carbocycles. The second-order valence-corrected chi connectivity index (χ2v) is 5.79. The lowest BCUT2D eigenvalue weighted by Gasteiger charge is -2.39. The van der Waals surface area contributed by atoms with Gasteiger partial charge in [0.2, 0.25) is 5.91 Å². The fourth-order valence-corrected chi connectivity index (χ4v) is 2.56. The van der Waals surface area contributed by atoms with Crippen molar-refractivity contribution in [1.82, 2.24) is 5.32 Å². The van der Waals surface area contributed by atoms with Gasteiger partial charge in [0.25, 0.3) is 0 Å². The summed E-state index contributed by atoms with van der Waals surface area (Å²) in [5.41, 5.74) is 1.04. The van der Waals surface area contributed by atoms with Gasteiger partial charge in [0.15, 0.2) is 0 Å². The normalized spacial score (nSPS) is 25.5. The molecule has 0 fully saturated rings. The molecule has 0 aliphatic carbocycles. The Kier molecular flexibility index (Phi) is 3.27. The van der Waals surface area contributed by atoms with E-state index >= 15 is 0 Å². The van der Waals surface area contributed by atoms with Gasteiger partial charge in [0, 0.05) is 11.6 Å². The fraction of sp³-hybridized carbons (Fsp3) is 0.769. The van der Waals surface area contributed by atoms with Crippen LogP contribution in [0.1, 0.15) is 41.5 Å². The Balaban J connectivity index is 3.06. The minimum absolute atomic E-state index is 0.0316. The number of allylic oxidation sites excluding steroid dienone is 2. The van der Waals surface area contributed by atoms with Crippen LogP contribution in [0, 0.1) is 23.2 Å². The lowest BCUT2D eigenvalue weighted by Crippen LogP contribution is -2.46. The molecule has 2 heteroatoms. The molecule has 0 aromatic heterocycles. The van der Waals surface area contributed by atoms with Gasteiger partial charge in [0.1, 0.15) is 0 Å². The molecule has 2 nitrogen and oxygen atoms in total. The van der Waals surface area contributed by atoms with E-state index in [9.17, 15) is 4.79 Å². The first-order valence-electron chi connectivity index (χ1n) is 5.79. The van der Waals surface area contributed by atoms with E-state index in [1.807, 2.05) is 0 Å². The molecule has 0 aromatic rings. The van der Waals surface area contributed by atoms with Crippen molar-refractivity contribution < 1.29 is 4.79 Å². The van der Waals surface area contributed by atoms with Crippen LogP contribution in [0.3, 0.4) is 0 Å². The molecule has 1 atom stereocenters. The Hall–Kier alpha value is -0.790. The smallest absolute Gasteiger partial charge is 0.228 e. The zero-order chi connectivity index (χ0) is 11.8. The van der Waals surface area contributed by atoms with Crippen molar-refractivity contribution in [3.8, 4) is 0 Å². The molecular formula is C13H23NO. The lowest BCUT2D eigenvalue weighted by atomic mass is 9.69. The molecule has 0 spiro atoms. The van der Waals surface area contributed by atoms with Gasteiger partial charge in [-0.15, -0.1) is 0 Å². The molecule has 1 aliphatic heterocycles. The molecule has 0 saturated heterocycles. The van der Waals surface area contributed by atoms with Crippen molar-refractivity contribution in [2.75, 3.05) is 0 Å². The van der Waals surface area contributed by atoms with Crippen LogP contribution in [-0.2, 0) is 4.79 Å². The van der Waals surface area contributed by atoms with E-state index in [1.165, 1.54) is 0 Å². The molecule has 1 amide bonds. The van der Waals surface area contributed by atoms with Crippen LogP contribution in [-0.4, -0.2) is 5.91 Å². The SMILES string of the molecule is CC(C)C1=CC(C)(C)C(C(C)C)C(=O)N1. The van der Waals surface area contributed by atoms with Gasteiger partial charge >= 0.3 is 0 Å². The maximum Gasteiger partial charge on any atom is 0.228 e. The van der Waals surface area contributed by atoms with Crippen LogP contribution in [0.15, 0.2) is 11.8 Å². The van der Waals surface area contributed by atoms with Crippen LogP contribution in [0.4, 0.5) is 0 Å². The van der Waals surface area contributed by atoms with Crippen LogP contribution in [0.2, 0.25) is 0 Å². The standard InChI is InChI=1S/C13H23NO/c1-8(2)10-7-13(5,6)11(9(3)4)12(15)14-10/h7-9,11H,1-6H3,(H,14,15). The molecule has 1 unspecified atom stereocenters. The number of carbonyl (C=O) groups excluding carboxylic acids is 1. The molecular weight excluding hydrogens is 186 g/mol. The van der Waals surface area contributed by atoms with Gasteiger partial charge < -0.3 is 5.32 Å². The second-order valence-electron chi connectivity index (χ2n) is 5.79. The minimum Gasteiger partial charge on any atom is -0.330 e. The van der Waals surface area contributed by atoms with Crippen LogP contribution in [0.5, 0.6) is 0 Å². The molecule has 1 rings (SSSR count). The Bertz CT molecular complexity index is 287. The number of carbonyl (C=O) groups is 1. The average molecular weight is 209 g/mol. The van der Waals surface area contributed by atoms with E-state index < -0.39 is 0 Å². The highest BCUT2D eigenvalue weighted by atomic mass is 16.2. The number of hydrogen-bond donors (Lipinski definition) is 1. The summed E-state index contributed by atoms with van der Waals surface area (Å²) in [6.45, 7) is 12.7. The van der Waals surface area contributed by atoms with Crippen molar-refractivity contribution in [3.63, 3.8) is 0 Å². The highest BCUT2D eigenvalue weighted by Crippen LogP contribution is 2.38. The van der Waals surface area contributed by atoms with Gasteiger partial charge in [-0.3, -0.25) is 4.79 Å². The summed E-state index contributed by atoms with van der Waals surface area (Å²) < 4.78 is 0. The first kappa shape index (κ1) is 12.3. The molecule has 1 N–H and O–H groups in total. The zero-order valence-electron chi connectivity index (χ0n) is 10.7. The summed E-state index contributed by atoms with van der Waals surface area (Å²) >= 11 is 0. The summed E-state index contributed by atoms with van der Waals surface area (Å²) in [6, 6.07) is 0. The van der Waals surface area contributed by atoms with E-state index in [4.69, 9.17) is 0 Å². The van der Waals surface area contributed by atoms with E-state index in [0.29, 0.717) is 11.8 Å². The monoisotopic (exact) mass is 209 g/mol. The molecule has 1 heterocycles. The number of hydrogen-bond acceptors (Lipinski definition) is 1. The Morgan fingerprint density at radius 3 is 2.13 bits per heavy atom. The number of nitrogens with one attached hydrogen (secondary N) is 1. The van der Waals surface area contributed by atoms with Gasteiger partial charge in [-0.1, -0.05) is 47.6 Å². The van der Waals surface area contributed by atoms with Crippen molar-refractivity contribution in [2.45, 2.75) is 41.5 Å². The summed E-state index contributed by atoms with van der Waals surface area (Å²) in [6.07, 6.45) is 2.23. The van der Waals surface area contributed by atoms with Crippen molar-refractivity contribution in [1.29, 1.82) is 0 Å². The third kappa shape index (κ3) is 2.42. The van der Waals surface area contributed by atoms with E-state index in [-0.39, 0.29) is 17.2 Å². The summed E-state index contributed by atoms with van der Waals surface area (Å²) in [5, 5.41) is 3.03. The van der Waals surface area contributed by atoms with Crippen molar-refractivity contribution >= 4 is 5.91 Å². The van der Waals surface area contributed by atoms with Gasteiger partial charge in [-0.2, -0.15) is 0 Å². The second kappa shape index (κ2) is 3.99. The Morgan fingerprint density at radius 2 is 1.80 bits per heavy atom. The maximum atomic E-state index is 12.0. The predicted octanol–water partition coefficient (Wildman–Crippen LogP) is 2.95. The number of amides is 1. The largest absolute Gasteiger partial charge is 0.330 e. The summed E-state index contributed by atoms with van der Waals surface area (Å²) in [5.74, 6) is 1.03. The van der Waals surface area contributed by atoms with Gasteiger partial charge in [-0.25, -0.2) is 0 Å². The highest BCUT2D eigenvalue weighted by molar-refractivity contribution is 5.83. The summed E-state index contributed by atoms with van der Waals surface area (Å²) in [4.78, 5) is 12.0. The molecule has 15 heavy (non-hydrogen) atoms. The zero-order valence-corrected chi connectivity index (χ0v) is 10.7. The van der Waals surface area contributed by atoms with Crippen LogP contribution < -0.4 is 5.32 Å². The molecule has 86 valence electrons. The molecule has 0 radical (unpaired) electrons. The van der Waals surface area contributed by atoms with E-state index in [1.54, 1.807) is 0 Å². The Labute approximate surface area is 93.1 Å². The molecule has 0 aromatic carbocycles. The van der Waals surface area contributed by atoms with E-state index in [2.05, 4.69) is 52.9 Å². The maximum absolute atomic E-state index is 12.0. The van der Waals surface area contributed by atoms with Crippen molar-refractivity contribution in [2.24, 2.45) is 23.2 Å². The first-order valence-corrected chi connectivity index (χ1v) is 5.79. The van der Waals surface area contributed by atoms with Gasteiger partial charge in [-0.05, 0) is 17.3 Å². The lowest BCUT2D eigenvalue weighted by molar-refractivity contribution is -0.129. The van der Waals surface area contributed by atoms with E-state index in [0.717, 1.165) is 5.70 Å². The third-order valence-corrected chi connectivity index (χ3v) is 3.17. The molecule has 0 bridgehead atoms. The fourth-order valence-electron chi connectivity index (χ4n) is 2.56. The highest BCUT2D eigenvalue weighted by Gasteiger charge is 2.39. The van der Waals surface area contributed by atoms with Crippen LogP contribution >= 0.6 is 0 Å². The Morgan fingerprint density at radius 1 is 1.27 bits per heavy atom. The third-order valence-electron chi connectivity index (χ3n) is 3.17.